The molecular formula is C9H9ClF5N. The zero-order valence-electron chi connectivity index (χ0n) is 7.89. The van der Waals surface area contributed by atoms with Crippen LogP contribution in [0, 0.1) is 17.5 Å². The van der Waals surface area contributed by atoms with E-state index in [1.807, 2.05) is 0 Å². The molecule has 7 heteroatoms. The Balaban J connectivity index is 0.00000225. The van der Waals surface area contributed by atoms with Crippen LogP contribution >= 0.6 is 12.4 Å². The van der Waals surface area contributed by atoms with Crippen LogP contribution in [0.4, 0.5) is 22.0 Å². The predicted octanol–water partition coefficient (Wildman–Crippen LogP) is 3.18. The Labute approximate surface area is 94.8 Å². The maximum atomic E-state index is 13.0. The van der Waals surface area contributed by atoms with Gasteiger partial charge in [0.1, 0.15) is 17.5 Å². The monoisotopic (exact) mass is 261 g/mol. The van der Waals surface area contributed by atoms with Crippen molar-refractivity contribution in [3.63, 3.8) is 0 Å². The number of alkyl halides is 2. The Hall–Kier alpha value is -0.880. The van der Waals surface area contributed by atoms with Crippen LogP contribution in [-0.4, -0.2) is 6.43 Å². The summed E-state index contributed by atoms with van der Waals surface area (Å²) < 4.78 is 62.3. The molecule has 1 aromatic rings. The molecule has 1 atom stereocenters. The maximum absolute atomic E-state index is 13.0. The van der Waals surface area contributed by atoms with Gasteiger partial charge in [-0.2, -0.15) is 0 Å². The van der Waals surface area contributed by atoms with Crippen molar-refractivity contribution in [2.45, 2.75) is 18.9 Å². The van der Waals surface area contributed by atoms with Crippen LogP contribution in [0.25, 0.3) is 0 Å². The smallest absolute Gasteiger partial charge is 0.240 e. The molecule has 2 N–H and O–H groups in total. The van der Waals surface area contributed by atoms with Crippen LogP contribution in [0.5, 0.6) is 0 Å². The number of halogens is 6. The van der Waals surface area contributed by atoms with Gasteiger partial charge in [0.05, 0.1) is 0 Å². The fraction of sp³-hybridized carbons (Fsp3) is 0.333. The fourth-order valence-electron chi connectivity index (χ4n) is 1.22. The largest absolute Gasteiger partial charge is 0.324 e. The molecule has 0 unspecified atom stereocenters. The lowest BCUT2D eigenvalue weighted by atomic mass is 10.0. The molecule has 1 aromatic carbocycles. The minimum Gasteiger partial charge on any atom is -0.324 e. The predicted molar refractivity (Wildman–Crippen MR) is 51.1 cm³/mol. The summed E-state index contributed by atoms with van der Waals surface area (Å²) in [5.41, 5.74) is 4.45. The highest BCUT2D eigenvalue weighted by Crippen LogP contribution is 2.24. The zero-order valence-corrected chi connectivity index (χ0v) is 8.71. The Morgan fingerprint density at radius 2 is 1.50 bits per heavy atom. The Kier molecular flexibility index (Phi) is 5.67. The van der Waals surface area contributed by atoms with E-state index in [2.05, 4.69) is 0 Å². The molecule has 0 saturated carbocycles. The van der Waals surface area contributed by atoms with E-state index in [0.717, 1.165) is 0 Å². The van der Waals surface area contributed by atoms with Gasteiger partial charge in [-0.15, -0.1) is 12.4 Å². The molecule has 0 aromatic heterocycles. The molecule has 0 aliphatic heterocycles. The lowest BCUT2D eigenvalue weighted by molar-refractivity contribution is 0.127. The third-order valence-corrected chi connectivity index (χ3v) is 1.85. The topological polar surface area (TPSA) is 26.0 Å². The molecule has 92 valence electrons. The minimum absolute atomic E-state index is 0. The summed E-state index contributed by atoms with van der Waals surface area (Å²) in [4.78, 5) is 0. The first-order chi connectivity index (χ1) is 6.91. The molecule has 0 radical (unpaired) electrons. The Bertz CT molecular complexity index is 335. The second-order valence-corrected chi connectivity index (χ2v) is 3.02. The average Bonchev–Trinajstić information content (AvgIpc) is 1.99. The van der Waals surface area contributed by atoms with Gasteiger partial charge in [0.15, 0.2) is 0 Å². The van der Waals surface area contributed by atoms with Gasteiger partial charge < -0.3 is 5.73 Å². The average molecular weight is 262 g/mol. The molecule has 0 aliphatic carbocycles. The van der Waals surface area contributed by atoms with Crippen LogP contribution in [0.15, 0.2) is 12.1 Å². The summed E-state index contributed by atoms with van der Waals surface area (Å²) in [7, 11) is 0. The van der Waals surface area contributed by atoms with Gasteiger partial charge >= 0.3 is 0 Å². The van der Waals surface area contributed by atoms with Gasteiger partial charge in [-0.1, -0.05) is 0 Å². The van der Waals surface area contributed by atoms with E-state index in [1.165, 1.54) is 0 Å². The normalized spacial score (nSPS) is 12.4. The highest BCUT2D eigenvalue weighted by atomic mass is 35.5. The summed E-state index contributed by atoms with van der Waals surface area (Å²) in [6.45, 7) is 0. The second kappa shape index (κ2) is 6.00. The first-order valence-corrected chi connectivity index (χ1v) is 4.10. The van der Waals surface area contributed by atoms with Gasteiger partial charge in [0, 0.05) is 30.2 Å². The second-order valence-electron chi connectivity index (χ2n) is 3.02. The van der Waals surface area contributed by atoms with Crippen LogP contribution in [-0.2, 0) is 0 Å². The highest BCUT2D eigenvalue weighted by Gasteiger charge is 2.21. The van der Waals surface area contributed by atoms with Crippen LogP contribution in [0.2, 0.25) is 0 Å². The summed E-state index contributed by atoms with van der Waals surface area (Å²) in [6.07, 6.45) is -3.65. The van der Waals surface area contributed by atoms with Gasteiger partial charge in [0.25, 0.3) is 0 Å². The molecule has 0 amide bonds. The first-order valence-electron chi connectivity index (χ1n) is 4.10. The van der Waals surface area contributed by atoms with E-state index in [0.29, 0.717) is 12.1 Å². The number of hydrogen-bond donors (Lipinski definition) is 1. The van der Waals surface area contributed by atoms with E-state index in [4.69, 9.17) is 5.73 Å². The molecule has 0 fully saturated rings. The van der Waals surface area contributed by atoms with E-state index in [-0.39, 0.29) is 12.4 Å². The standard InChI is InChI=1S/C9H8F5N.ClH/c10-4-1-5(11)9(6(12)2-4)7(15)3-8(13)14;/h1-2,7-8H,3,15H2;1H/t7-;/m0./s1. The Morgan fingerprint density at radius 1 is 1.06 bits per heavy atom. The van der Waals surface area contributed by atoms with Gasteiger partial charge in [-0.3, -0.25) is 0 Å². The van der Waals surface area contributed by atoms with E-state index < -0.39 is 41.9 Å². The molecule has 0 heterocycles. The third kappa shape index (κ3) is 3.61. The Morgan fingerprint density at radius 3 is 1.88 bits per heavy atom. The summed E-state index contributed by atoms with van der Waals surface area (Å²) in [5, 5.41) is 0. The van der Waals surface area contributed by atoms with E-state index in [1.54, 1.807) is 0 Å². The van der Waals surface area contributed by atoms with Crippen molar-refractivity contribution in [1.29, 1.82) is 0 Å². The summed E-state index contributed by atoms with van der Waals surface area (Å²) >= 11 is 0. The quantitative estimate of drug-likeness (QED) is 0.831. The number of hydrogen-bond acceptors (Lipinski definition) is 1. The fourth-order valence-corrected chi connectivity index (χ4v) is 1.22. The molecule has 0 bridgehead atoms. The first kappa shape index (κ1) is 15.1. The van der Waals surface area contributed by atoms with Gasteiger partial charge in [-0.05, 0) is 0 Å². The third-order valence-electron chi connectivity index (χ3n) is 1.85. The molecule has 0 aliphatic rings. The van der Waals surface area contributed by atoms with Crippen molar-refractivity contribution in [3.8, 4) is 0 Å². The molecule has 1 rings (SSSR count). The van der Waals surface area contributed by atoms with E-state index >= 15 is 0 Å². The SMILES string of the molecule is Cl.N[C@@H](CC(F)F)c1c(F)cc(F)cc1F. The maximum Gasteiger partial charge on any atom is 0.240 e. The number of benzene rings is 1. The van der Waals surface area contributed by atoms with Crippen molar-refractivity contribution in [3.05, 3.63) is 35.1 Å². The van der Waals surface area contributed by atoms with Crippen molar-refractivity contribution >= 4 is 12.4 Å². The lowest BCUT2D eigenvalue weighted by Crippen LogP contribution is -2.17. The highest BCUT2D eigenvalue weighted by molar-refractivity contribution is 5.85. The summed E-state index contributed by atoms with van der Waals surface area (Å²) in [6, 6.07) is -0.668. The van der Waals surface area contributed by atoms with Crippen LogP contribution < -0.4 is 5.73 Å². The minimum atomic E-state index is -2.77. The molecule has 0 saturated heterocycles. The zero-order chi connectivity index (χ0) is 11.6. The van der Waals surface area contributed by atoms with Gasteiger partial charge in [-0.25, -0.2) is 22.0 Å². The van der Waals surface area contributed by atoms with Crippen LogP contribution in [0.3, 0.4) is 0 Å². The lowest BCUT2D eigenvalue weighted by Gasteiger charge is -2.13. The summed E-state index contributed by atoms with van der Waals surface area (Å²) in [5.74, 6) is -3.61. The van der Waals surface area contributed by atoms with Gasteiger partial charge in [0.2, 0.25) is 6.43 Å². The van der Waals surface area contributed by atoms with Crippen molar-refractivity contribution in [2.24, 2.45) is 5.73 Å². The molecular weight excluding hydrogens is 253 g/mol. The number of nitrogens with two attached hydrogens (primary N) is 1. The number of rotatable bonds is 3. The molecule has 0 spiro atoms. The van der Waals surface area contributed by atoms with Crippen molar-refractivity contribution < 1.29 is 22.0 Å². The van der Waals surface area contributed by atoms with Crippen molar-refractivity contribution in [1.82, 2.24) is 0 Å². The van der Waals surface area contributed by atoms with Crippen LogP contribution in [0.1, 0.15) is 18.0 Å². The molecule has 16 heavy (non-hydrogen) atoms. The van der Waals surface area contributed by atoms with E-state index in [9.17, 15) is 22.0 Å². The molecule has 1 nitrogen and oxygen atoms in total. The van der Waals surface area contributed by atoms with Crippen molar-refractivity contribution in [2.75, 3.05) is 0 Å².